The summed E-state index contributed by atoms with van der Waals surface area (Å²) in [7, 11) is 0. The zero-order chi connectivity index (χ0) is 15.4. The van der Waals surface area contributed by atoms with Gasteiger partial charge in [0.15, 0.2) is 0 Å². The number of aliphatic hydroxyl groups is 1. The van der Waals surface area contributed by atoms with Gasteiger partial charge in [-0.3, -0.25) is 4.79 Å². The fraction of sp³-hybridized carbons (Fsp3) is 0.842. The van der Waals surface area contributed by atoms with Crippen LogP contribution in [0.2, 0.25) is 0 Å². The molecule has 3 rings (SSSR count). The van der Waals surface area contributed by atoms with E-state index in [4.69, 9.17) is 0 Å². The summed E-state index contributed by atoms with van der Waals surface area (Å²) >= 11 is 0. The average molecular weight is 290 g/mol. The Kier molecular flexibility index (Phi) is 3.80. The molecule has 2 fully saturated rings. The summed E-state index contributed by atoms with van der Waals surface area (Å²) in [5.41, 5.74) is 0.512. The van der Waals surface area contributed by atoms with E-state index in [9.17, 15) is 9.90 Å². The molecule has 6 atom stereocenters. The van der Waals surface area contributed by atoms with Crippen molar-refractivity contribution in [1.29, 1.82) is 0 Å². The largest absolute Gasteiger partial charge is 0.390 e. The SMILES string of the molecule is C/C1=C\CC[C@](C)(O)[C@@H]2[C@@H](C(=O)C1)[C@H]1CC[C@H](C(C)C)[C@H]12. The molecule has 1 N–H and O–H groups in total. The normalized spacial score (nSPS) is 49.3. The predicted molar refractivity (Wildman–Crippen MR) is 84.8 cm³/mol. The molecule has 0 bridgehead atoms. The molecule has 0 radical (unpaired) electrons. The van der Waals surface area contributed by atoms with Crippen molar-refractivity contribution in [3.8, 4) is 0 Å². The van der Waals surface area contributed by atoms with Crippen molar-refractivity contribution in [2.24, 2.45) is 35.5 Å². The lowest BCUT2D eigenvalue weighted by Gasteiger charge is -2.56. The van der Waals surface area contributed by atoms with E-state index < -0.39 is 5.60 Å². The molecule has 2 saturated carbocycles. The summed E-state index contributed by atoms with van der Waals surface area (Å²) in [6.07, 6.45) is 6.91. The van der Waals surface area contributed by atoms with Gasteiger partial charge in [0.05, 0.1) is 5.60 Å². The van der Waals surface area contributed by atoms with Crippen LogP contribution in [0.15, 0.2) is 11.6 Å². The van der Waals surface area contributed by atoms with Gasteiger partial charge in [-0.25, -0.2) is 0 Å². The molecule has 2 heteroatoms. The van der Waals surface area contributed by atoms with Crippen molar-refractivity contribution in [3.63, 3.8) is 0 Å². The lowest BCUT2D eigenvalue weighted by Crippen LogP contribution is -2.59. The molecule has 3 aliphatic rings. The van der Waals surface area contributed by atoms with E-state index in [1.165, 1.54) is 18.4 Å². The van der Waals surface area contributed by atoms with Crippen LogP contribution in [0.5, 0.6) is 0 Å². The molecular weight excluding hydrogens is 260 g/mol. The van der Waals surface area contributed by atoms with E-state index in [1.807, 2.05) is 6.92 Å². The second kappa shape index (κ2) is 5.22. The lowest BCUT2D eigenvalue weighted by atomic mass is 9.48. The van der Waals surface area contributed by atoms with Gasteiger partial charge in [-0.15, -0.1) is 0 Å². The third-order valence-corrected chi connectivity index (χ3v) is 6.63. The number of Topliss-reactive ketones (excluding diaryl/α,β-unsaturated/α-hetero) is 1. The van der Waals surface area contributed by atoms with Crippen LogP contribution in [-0.2, 0) is 4.79 Å². The number of rotatable bonds is 1. The van der Waals surface area contributed by atoms with Crippen LogP contribution in [-0.4, -0.2) is 16.5 Å². The Morgan fingerprint density at radius 2 is 2.05 bits per heavy atom. The topological polar surface area (TPSA) is 37.3 Å². The van der Waals surface area contributed by atoms with Crippen LogP contribution >= 0.6 is 0 Å². The molecule has 21 heavy (non-hydrogen) atoms. The summed E-state index contributed by atoms with van der Waals surface area (Å²) in [6, 6.07) is 0. The first kappa shape index (κ1) is 15.3. The maximum Gasteiger partial charge on any atom is 0.140 e. The molecule has 0 saturated heterocycles. The van der Waals surface area contributed by atoms with Gasteiger partial charge < -0.3 is 5.11 Å². The van der Waals surface area contributed by atoms with Gasteiger partial charge in [-0.1, -0.05) is 25.5 Å². The highest BCUT2D eigenvalue weighted by Gasteiger charge is 2.63. The van der Waals surface area contributed by atoms with Crippen LogP contribution in [0, 0.1) is 35.5 Å². The number of carbonyl (C=O) groups is 1. The highest BCUT2D eigenvalue weighted by Crippen LogP contribution is 2.63. The number of ketones is 1. The van der Waals surface area contributed by atoms with Gasteiger partial charge in [0.25, 0.3) is 0 Å². The van der Waals surface area contributed by atoms with Gasteiger partial charge in [0.2, 0.25) is 0 Å². The average Bonchev–Trinajstić information content (AvgIpc) is 2.67. The van der Waals surface area contributed by atoms with Gasteiger partial charge in [0.1, 0.15) is 5.78 Å². The monoisotopic (exact) mass is 290 g/mol. The van der Waals surface area contributed by atoms with Crippen LogP contribution in [0.4, 0.5) is 0 Å². The van der Waals surface area contributed by atoms with Gasteiger partial charge in [-0.2, -0.15) is 0 Å². The fourth-order valence-electron chi connectivity index (χ4n) is 5.66. The molecule has 0 spiro atoms. The van der Waals surface area contributed by atoms with Crippen LogP contribution < -0.4 is 0 Å². The van der Waals surface area contributed by atoms with Crippen molar-refractivity contribution in [2.45, 2.75) is 65.4 Å². The smallest absolute Gasteiger partial charge is 0.140 e. The molecule has 0 amide bonds. The Hall–Kier alpha value is -0.630. The molecule has 2 nitrogen and oxygen atoms in total. The Labute approximate surface area is 129 Å². The third-order valence-electron chi connectivity index (χ3n) is 6.63. The highest BCUT2D eigenvalue weighted by atomic mass is 16.3. The first-order valence-electron chi connectivity index (χ1n) is 8.73. The van der Waals surface area contributed by atoms with Gasteiger partial charge >= 0.3 is 0 Å². The Balaban J connectivity index is 1.92. The maximum absolute atomic E-state index is 12.7. The maximum atomic E-state index is 12.7. The second-order valence-corrected chi connectivity index (χ2v) is 8.37. The van der Waals surface area contributed by atoms with E-state index in [-0.39, 0.29) is 11.8 Å². The first-order valence-corrected chi connectivity index (χ1v) is 8.73. The van der Waals surface area contributed by atoms with E-state index in [0.29, 0.717) is 35.9 Å². The van der Waals surface area contributed by atoms with Crippen LogP contribution in [0.1, 0.15) is 59.8 Å². The zero-order valence-corrected chi connectivity index (χ0v) is 13.9. The van der Waals surface area contributed by atoms with E-state index >= 15 is 0 Å². The summed E-state index contributed by atoms with van der Waals surface area (Å²) in [5.74, 6) is 3.20. The Morgan fingerprint density at radius 3 is 2.71 bits per heavy atom. The lowest BCUT2D eigenvalue weighted by molar-refractivity contribution is -0.171. The van der Waals surface area contributed by atoms with Crippen molar-refractivity contribution >= 4 is 5.78 Å². The quantitative estimate of drug-likeness (QED) is 0.742. The predicted octanol–water partition coefficient (Wildman–Crippen LogP) is 3.98. The molecule has 0 aromatic carbocycles. The van der Waals surface area contributed by atoms with E-state index in [2.05, 4.69) is 26.8 Å². The first-order chi connectivity index (χ1) is 9.83. The summed E-state index contributed by atoms with van der Waals surface area (Å²) < 4.78 is 0. The van der Waals surface area contributed by atoms with Crippen molar-refractivity contribution in [3.05, 3.63) is 11.6 Å². The molecule has 0 unspecified atom stereocenters. The molecule has 0 aromatic heterocycles. The second-order valence-electron chi connectivity index (χ2n) is 8.37. The minimum absolute atomic E-state index is 0.121. The van der Waals surface area contributed by atoms with Gasteiger partial charge in [-0.05, 0) is 63.2 Å². The molecule has 0 aliphatic heterocycles. The fourth-order valence-corrected chi connectivity index (χ4v) is 5.66. The van der Waals surface area contributed by atoms with Gasteiger partial charge in [0, 0.05) is 18.3 Å². The summed E-state index contributed by atoms with van der Waals surface area (Å²) in [5, 5.41) is 11.1. The summed E-state index contributed by atoms with van der Waals surface area (Å²) in [4.78, 5) is 12.7. The van der Waals surface area contributed by atoms with Crippen LogP contribution in [0.3, 0.4) is 0 Å². The minimum Gasteiger partial charge on any atom is -0.390 e. The number of allylic oxidation sites excluding steroid dienone is 2. The third kappa shape index (κ3) is 2.40. The number of hydrogen-bond donors (Lipinski definition) is 1. The standard InChI is InChI=1S/C19H30O2/c1-11(2)13-7-8-14-16(13)18-17(14)15(20)10-12(3)6-5-9-19(18,4)21/h6,11,13-14,16-18,21H,5,7-10H2,1-4H3/b12-6+/t13-,14+,16-,17-,18+,19+/m1/s1. The number of hydrogen-bond acceptors (Lipinski definition) is 2. The molecule has 118 valence electrons. The summed E-state index contributed by atoms with van der Waals surface area (Å²) in [6.45, 7) is 8.66. The molecule has 3 aliphatic carbocycles. The molecule has 0 heterocycles. The Bertz CT molecular complexity index is 460. The molecular formula is C19H30O2. The Morgan fingerprint density at radius 1 is 1.33 bits per heavy atom. The van der Waals surface area contributed by atoms with Crippen LogP contribution in [0.25, 0.3) is 0 Å². The number of carbonyl (C=O) groups excluding carboxylic acids is 1. The van der Waals surface area contributed by atoms with E-state index in [1.54, 1.807) is 0 Å². The molecule has 0 aromatic rings. The van der Waals surface area contributed by atoms with Crippen molar-refractivity contribution < 1.29 is 9.90 Å². The zero-order valence-electron chi connectivity index (χ0n) is 13.9. The number of fused-ring (bicyclic) bond motifs is 4. The minimum atomic E-state index is -0.680. The van der Waals surface area contributed by atoms with E-state index in [0.717, 1.165) is 12.8 Å². The van der Waals surface area contributed by atoms with Crippen molar-refractivity contribution in [1.82, 2.24) is 0 Å². The highest BCUT2D eigenvalue weighted by molar-refractivity contribution is 5.85. The van der Waals surface area contributed by atoms with Crippen molar-refractivity contribution in [2.75, 3.05) is 0 Å².